The van der Waals surface area contributed by atoms with E-state index < -0.39 is 5.41 Å². The first kappa shape index (κ1) is 40.8. The van der Waals surface area contributed by atoms with Gasteiger partial charge in [0.15, 0.2) is 0 Å². The zero-order chi connectivity index (χ0) is 43.6. The smallest absolute Gasteiger partial charge is 0.128 e. The molecule has 0 bridgehead atoms. The second-order valence-electron chi connectivity index (χ2n) is 19.8. The van der Waals surface area contributed by atoms with Gasteiger partial charge in [0.05, 0.1) is 33.7 Å². The highest BCUT2D eigenvalue weighted by Crippen LogP contribution is 2.59. The summed E-state index contributed by atoms with van der Waals surface area (Å²) in [4.78, 5) is 12.6. The maximum absolute atomic E-state index is 13.9. The van der Waals surface area contributed by atoms with Crippen LogP contribution in [0.25, 0.3) is 22.2 Å². The molecular formula is C57H54FN3O. The average Bonchev–Trinajstić information content (AvgIpc) is 3.24. The summed E-state index contributed by atoms with van der Waals surface area (Å²) in [6.07, 6.45) is 1.92. The monoisotopic (exact) mass is 815 g/mol. The molecule has 2 aromatic heterocycles. The Balaban J connectivity index is 1.27. The minimum atomic E-state index is -0.841. The van der Waals surface area contributed by atoms with Crippen LogP contribution in [-0.4, -0.2) is 9.97 Å². The minimum Gasteiger partial charge on any atom is -0.457 e. The van der Waals surface area contributed by atoms with E-state index in [4.69, 9.17) is 14.7 Å². The van der Waals surface area contributed by atoms with Gasteiger partial charge in [-0.05, 0) is 135 Å². The van der Waals surface area contributed by atoms with Gasteiger partial charge in [-0.25, -0.2) is 9.37 Å². The van der Waals surface area contributed by atoms with Crippen LogP contribution in [0.1, 0.15) is 101 Å². The third-order valence-corrected chi connectivity index (χ3v) is 12.3. The summed E-state index contributed by atoms with van der Waals surface area (Å²) in [5, 5.41) is 0.761. The van der Waals surface area contributed by atoms with Gasteiger partial charge in [0, 0.05) is 22.8 Å². The van der Waals surface area contributed by atoms with E-state index in [1.54, 1.807) is 6.07 Å². The number of fused-ring (bicyclic) bond motifs is 3. The topological polar surface area (TPSA) is 38.2 Å². The Morgan fingerprint density at radius 2 is 1.15 bits per heavy atom. The van der Waals surface area contributed by atoms with Gasteiger partial charge < -0.3 is 9.64 Å². The first-order chi connectivity index (χ1) is 29.5. The Bertz CT molecular complexity index is 2890. The Morgan fingerprint density at radius 1 is 0.532 bits per heavy atom. The van der Waals surface area contributed by atoms with Gasteiger partial charge in [-0.1, -0.05) is 135 Å². The largest absolute Gasteiger partial charge is 0.457 e. The third kappa shape index (κ3) is 7.34. The van der Waals surface area contributed by atoms with Crippen LogP contribution in [0, 0.1) is 5.82 Å². The van der Waals surface area contributed by atoms with Crippen molar-refractivity contribution in [1.82, 2.24) is 9.97 Å². The lowest BCUT2D eigenvalue weighted by atomic mass is 9.62. The number of benzene rings is 6. The van der Waals surface area contributed by atoms with Crippen LogP contribution in [0.2, 0.25) is 0 Å². The SMILES string of the molecule is CC(C)(C)c1ccc(N2c3ccc(C(C)(C)C)cc3C(c3cccc(Oc4cccc(-c5ccc6cc(F)ccc6n5)c4)c3)(c3ccccn3)c3cc(C(C)(C)C)ccc32)cc1. The number of ether oxygens (including phenoxy) is 1. The molecule has 1 aliphatic heterocycles. The summed E-state index contributed by atoms with van der Waals surface area (Å²) < 4.78 is 20.8. The summed E-state index contributed by atoms with van der Waals surface area (Å²) in [7, 11) is 0. The van der Waals surface area contributed by atoms with E-state index in [1.165, 1.54) is 28.8 Å². The highest BCUT2D eigenvalue weighted by Gasteiger charge is 2.48. The molecule has 0 atom stereocenters. The van der Waals surface area contributed by atoms with E-state index in [0.29, 0.717) is 11.5 Å². The Morgan fingerprint density at radius 3 is 1.76 bits per heavy atom. The first-order valence-electron chi connectivity index (χ1n) is 21.6. The average molecular weight is 816 g/mol. The van der Waals surface area contributed by atoms with Crippen LogP contribution in [0.5, 0.6) is 11.5 Å². The van der Waals surface area contributed by atoms with Crippen LogP contribution in [0.4, 0.5) is 21.5 Å². The normalized spacial score (nSPS) is 13.7. The van der Waals surface area contributed by atoms with E-state index in [0.717, 1.165) is 61.6 Å². The molecule has 0 N–H and O–H groups in total. The molecule has 3 heterocycles. The van der Waals surface area contributed by atoms with Crippen molar-refractivity contribution in [2.75, 3.05) is 4.90 Å². The van der Waals surface area contributed by atoms with Crippen molar-refractivity contribution in [1.29, 1.82) is 0 Å². The van der Waals surface area contributed by atoms with E-state index >= 15 is 0 Å². The first-order valence-corrected chi connectivity index (χ1v) is 21.6. The van der Waals surface area contributed by atoms with Gasteiger partial charge in [0.1, 0.15) is 17.3 Å². The summed E-state index contributed by atoms with van der Waals surface area (Å²) in [5.74, 6) is 1.12. The quantitative estimate of drug-likeness (QED) is 0.168. The van der Waals surface area contributed by atoms with E-state index in [9.17, 15) is 4.39 Å². The van der Waals surface area contributed by atoms with Gasteiger partial charge in [-0.15, -0.1) is 0 Å². The van der Waals surface area contributed by atoms with Crippen molar-refractivity contribution in [3.63, 3.8) is 0 Å². The number of rotatable bonds is 6. The molecule has 4 nitrogen and oxygen atoms in total. The molecule has 0 unspecified atom stereocenters. The molecule has 1 aliphatic rings. The van der Waals surface area contributed by atoms with E-state index in [-0.39, 0.29) is 22.1 Å². The van der Waals surface area contributed by atoms with Crippen molar-refractivity contribution in [3.8, 4) is 22.8 Å². The van der Waals surface area contributed by atoms with Gasteiger partial charge in [-0.3, -0.25) is 4.98 Å². The predicted molar refractivity (Wildman–Crippen MR) is 254 cm³/mol. The van der Waals surface area contributed by atoms with Crippen molar-refractivity contribution in [2.45, 2.75) is 84.0 Å². The van der Waals surface area contributed by atoms with Gasteiger partial charge in [0.25, 0.3) is 0 Å². The number of aromatic nitrogens is 2. The third-order valence-electron chi connectivity index (χ3n) is 12.3. The fourth-order valence-corrected chi connectivity index (χ4v) is 8.88. The summed E-state index contributed by atoms with van der Waals surface area (Å²) >= 11 is 0. The van der Waals surface area contributed by atoms with Gasteiger partial charge in [-0.2, -0.15) is 0 Å². The summed E-state index contributed by atoms with van der Waals surface area (Å²) in [6, 6.07) is 54.5. The van der Waals surface area contributed by atoms with Crippen LogP contribution < -0.4 is 9.64 Å². The lowest BCUT2D eigenvalue weighted by Crippen LogP contribution is -2.39. The minimum absolute atomic E-state index is 0.0250. The summed E-state index contributed by atoms with van der Waals surface area (Å²) in [6.45, 7) is 20.5. The molecule has 310 valence electrons. The molecule has 5 heteroatoms. The number of hydrogen-bond acceptors (Lipinski definition) is 4. The van der Waals surface area contributed by atoms with Crippen molar-refractivity contribution in [2.24, 2.45) is 0 Å². The van der Waals surface area contributed by atoms with Crippen LogP contribution in [0.3, 0.4) is 0 Å². The molecule has 0 aliphatic carbocycles. The van der Waals surface area contributed by atoms with Crippen molar-refractivity contribution < 1.29 is 9.13 Å². The van der Waals surface area contributed by atoms with E-state index in [1.807, 2.05) is 54.7 Å². The highest BCUT2D eigenvalue weighted by molar-refractivity contribution is 5.90. The molecule has 8 aromatic rings. The zero-order valence-corrected chi connectivity index (χ0v) is 37.2. The number of anilines is 3. The lowest BCUT2D eigenvalue weighted by molar-refractivity contribution is 0.481. The van der Waals surface area contributed by atoms with Crippen molar-refractivity contribution in [3.05, 3.63) is 209 Å². The lowest BCUT2D eigenvalue weighted by Gasteiger charge is -2.47. The molecule has 6 aromatic carbocycles. The van der Waals surface area contributed by atoms with Gasteiger partial charge in [0.2, 0.25) is 0 Å². The number of halogens is 1. The Kier molecular flexibility index (Phi) is 9.93. The van der Waals surface area contributed by atoms with Crippen LogP contribution in [-0.2, 0) is 21.7 Å². The number of pyridine rings is 2. The second kappa shape index (κ2) is 15.1. The Hall–Kier alpha value is -6.59. The standard InChI is InChI=1S/C57H54FN3O/c1-54(2,3)39-20-25-44(26-21-39)61-51-29-22-40(55(4,5)6)35-47(51)57(53-18-10-11-31-59-53,48-36-41(56(7,8)9)23-30-52(48)61)42-15-13-17-46(34-42)62-45-16-12-14-37(33-45)49-27-19-38-32-43(58)24-28-50(38)60-49/h10-36H,1-9H3. The molecular weight excluding hydrogens is 762 g/mol. The predicted octanol–water partition coefficient (Wildman–Crippen LogP) is 15.3. The summed E-state index contributed by atoms with van der Waals surface area (Å²) in [5.41, 5.74) is 12.8. The molecule has 0 saturated heterocycles. The van der Waals surface area contributed by atoms with Crippen LogP contribution >= 0.6 is 0 Å². The van der Waals surface area contributed by atoms with Crippen LogP contribution in [0.15, 0.2) is 164 Å². The molecule has 9 rings (SSSR count). The van der Waals surface area contributed by atoms with Crippen molar-refractivity contribution >= 4 is 28.0 Å². The molecule has 0 amide bonds. The van der Waals surface area contributed by atoms with E-state index in [2.05, 4.69) is 158 Å². The number of hydrogen-bond donors (Lipinski definition) is 0. The fourth-order valence-electron chi connectivity index (χ4n) is 8.88. The maximum Gasteiger partial charge on any atom is 0.128 e. The number of nitrogens with zero attached hydrogens (tertiary/aromatic N) is 3. The zero-order valence-electron chi connectivity index (χ0n) is 37.2. The molecule has 62 heavy (non-hydrogen) atoms. The molecule has 0 fully saturated rings. The molecule has 0 radical (unpaired) electrons. The molecule has 0 saturated carbocycles. The molecule has 0 spiro atoms. The highest BCUT2D eigenvalue weighted by atomic mass is 19.1. The maximum atomic E-state index is 13.9. The van der Waals surface area contributed by atoms with Gasteiger partial charge >= 0.3 is 0 Å². The fraction of sp³-hybridized carbons (Fsp3) is 0.228. The second-order valence-corrected chi connectivity index (χ2v) is 19.8. The Labute approximate surface area is 366 Å².